The molecule has 1 saturated carbocycles. The van der Waals surface area contributed by atoms with Crippen molar-refractivity contribution in [2.24, 2.45) is 0 Å². The summed E-state index contributed by atoms with van der Waals surface area (Å²) < 4.78 is 11.9. The highest BCUT2D eigenvalue weighted by molar-refractivity contribution is 5.37. The van der Waals surface area contributed by atoms with Gasteiger partial charge in [0.1, 0.15) is 5.82 Å². The minimum absolute atomic E-state index is 0.0440. The van der Waals surface area contributed by atoms with Gasteiger partial charge in [0.05, 0.1) is 18.8 Å². The molecule has 2 fully saturated rings. The lowest BCUT2D eigenvalue weighted by Crippen LogP contribution is -2.53. The Morgan fingerprint density at radius 2 is 1.76 bits per heavy atom. The van der Waals surface area contributed by atoms with E-state index in [1.54, 1.807) is 7.11 Å². The molecular formula is C27H40N4O2. The van der Waals surface area contributed by atoms with E-state index in [4.69, 9.17) is 19.4 Å². The maximum absolute atomic E-state index is 6.14. The molecule has 33 heavy (non-hydrogen) atoms. The summed E-state index contributed by atoms with van der Waals surface area (Å²) in [7, 11) is 1.69. The Bertz CT molecular complexity index is 922. The van der Waals surface area contributed by atoms with E-state index in [2.05, 4.69) is 61.3 Å². The normalized spacial score (nSPS) is 21.9. The zero-order valence-electron chi connectivity index (χ0n) is 21.1. The SMILES string of the molecule is COc1nc(C2CC2)nc(OC(C)C)c1CN[C@H]1CCN(C(C)(C)C)C[C@H]1c1ccccc1. The fraction of sp³-hybridized carbons (Fsp3) is 0.630. The van der Waals surface area contributed by atoms with Crippen LogP contribution in [0, 0.1) is 0 Å². The van der Waals surface area contributed by atoms with E-state index in [9.17, 15) is 0 Å². The summed E-state index contributed by atoms with van der Waals surface area (Å²) in [5.74, 6) is 3.01. The predicted molar refractivity (Wildman–Crippen MR) is 132 cm³/mol. The molecule has 0 radical (unpaired) electrons. The van der Waals surface area contributed by atoms with Crippen LogP contribution in [0.2, 0.25) is 0 Å². The number of hydrogen-bond donors (Lipinski definition) is 1. The first-order chi connectivity index (χ1) is 15.8. The molecule has 2 aromatic rings. The minimum atomic E-state index is 0.0440. The molecule has 1 saturated heterocycles. The molecule has 1 aromatic heterocycles. The van der Waals surface area contributed by atoms with Gasteiger partial charge in [-0.05, 0) is 59.4 Å². The van der Waals surface area contributed by atoms with E-state index in [-0.39, 0.29) is 11.6 Å². The lowest BCUT2D eigenvalue weighted by Gasteiger charge is -2.45. The lowest BCUT2D eigenvalue weighted by molar-refractivity contribution is 0.0817. The molecule has 2 atom stereocenters. The smallest absolute Gasteiger partial charge is 0.225 e. The first kappa shape index (κ1) is 24.0. The molecule has 1 aliphatic carbocycles. The van der Waals surface area contributed by atoms with Crippen LogP contribution in [0.25, 0.3) is 0 Å². The van der Waals surface area contributed by atoms with Gasteiger partial charge in [0.25, 0.3) is 0 Å². The van der Waals surface area contributed by atoms with E-state index < -0.39 is 0 Å². The third-order valence-corrected chi connectivity index (χ3v) is 6.76. The zero-order chi connectivity index (χ0) is 23.6. The fourth-order valence-corrected chi connectivity index (χ4v) is 4.70. The van der Waals surface area contributed by atoms with E-state index in [0.717, 1.165) is 43.7 Å². The zero-order valence-corrected chi connectivity index (χ0v) is 21.1. The lowest BCUT2D eigenvalue weighted by atomic mass is 9.84. The van der Waals surface area contributed by atoms with Gasteiger partial charge in [-0.25, -0.2) is 0 Å². The van der Waals surface area contributed by atoms with Crippen molar-refractivity contribution < 1.29 is 9.47 Å². The van der Waals surface area contributed by atoms with E-state index in [1.165, 1.54) is 5.56 Å². The number of hydrogen-bond acceptors (Lipinski definition) is 6. The monoisotopic (exact) mass is 452 g/mol. The summed E-state index contributed by atoms with van der Waals surface area (Å²) in [6.07, 6.45) is 3.42. The molecule has 6 nitrogen and oxygen atoms in total. The van der Waals surface area contributed by atoms with Crippen molar-refractivity contribution in [1.29, 1.82) is 0 Å². The first-order valence-corrected chi connectivity index (χ1v) is 12.4. The third kappa shape index (κ3) is 5.85. The minimum Gasteiger partial charge on any atom is -0.481 e. The van der Waals surface area contributed by atoms with Gasteiger partial charge in [0, 0.05) is 43.1 Å². The highest BCUT2D eigenvalue weighted by Crippen LogP contribution is 2.41. The van der Waals surface area contributed by atoms with Crippen LogP contribution >= 0.6 is 0 Å². The Kier molecular flexibility index (Phi) is 7.25. The standard InChI is InChI=1S/C27H40N4O2/c1-18(2)33-26-21(25(32-6)29-24(30-26)20-12-13-20)16-28-23-14-15-31(27(3,4)5)17-22(23)19-10-8-7-9-11-19/h7-11,18,20,22-23,28H,12-17H2,1-6H3/t22-,23-/m0/s1. The quantitative estimate of drug-likeness (QED) is 0.615. The maximum Gasteiger partial charge on any atom is 0.225 e. The number of nitrogens with zero attached hydrogens (tertiary/aromatic N) is 3. The third-order valence-electron chi connectivity index (χ3n) is 6.76. The Balaban J connectivity index is 1.57. The van der Waals surface area contributed by atoms with Crippen molar-refractivity contribution in [3.05, 3.63) is 47.3 Å². The van der Waals surface area contributed by atoms with Crippen molar-refractivity contribution in [1.82, 2.24) is 20.2 Å². The molecule has 0 spiro atoms. The molecule has 1 N–H and O–H groups in total. The van der Waals surface area contributed by atoms with Crippen LogP contribution in [0.3, 0.4) is 0 Å². The Morgan fingerprint density at radius 3 is 2.36 bits per heavy atom. The summed E-state index contributed by atoms with van der Waals surface area (Å²) in [6.45, 7) is 13.7. The number of benzene rings is 1. The van der Waals surface area contributed by atoms with Crippen molar-refractivity contribution >= 4 is 0 Å². The molecule has 6 heteroatoms. The van der Waals surface area contributed by atoms with Gasteiger partial charge in [-0.15, -0.1) is 0 Å². The summed E-state index contributed by atoms with van der Waals surface area (Å²) in [5.41, 5.74) is 2.46. The molecule has 1 aliphatic heterocycles. The summed E-state index contributed by atoms with van der Waals surface area (Å²) in [5, 5.41) is 3.84. The maximum atomic E-state index is 6.14. The Hall–Kier alpha value is -2.18. The van der Waals surface area contributed by atoms with E-state index in [0.29, 0.717) is 36.2 Å². The Labute approximate surface area is 199 Å². The number of aromatic nitrogens is 2. The molecule has 0 bridgehead atoms. The second-order valence-electron chi connectivity index (χ2n) is 10.7. The molecule has 4 rings (SSSR count). The second kappa shape index (κ2) is 9.98. The molecule has 1 aromatic carbocycles. The molecule has 0 unspecified atom stereocenters. The van der Waals surface area contributed by atoms with Gasteiger partial charge in [-0.3, -0.25) is 4.90 Å². The van der Waals surface area contributed by atoms with Gasteiger partial charge in [0.2, 0.25) is 11.8 Å². The van der Waals surface area contributed by atoms with Crippen LogP contribution in [0.15, 0.2) is 30.3 Å². The van der Waals surface area contributed by atoms with Gasteiger partial charge >= 0.3 is 0 Å². The van der Waals surface area contributed by atoms with Crippen LogP contribution in [0.1, 0.15) is 82.7 Å². The number of nitrogens with one attached hydrogen (secondary N) is 1. The van der Waals surface area contributed by atoms with Crippen LogP contribution < -0.4 is 14.8 Å². The summed E-state index contributed by atoms with van der Waals surface area (Å²) >= 11 is 0. The number of piperidine rings is 1. The van der Waals surface area contributed by atoms with Crippen LogP contribution in [-0.4, -0.2) is 52.8 Å². The molecule has 2 heterocycles. The first-order valence-electron chi connectivity index (χ1n) is 12.4. The van der Waals surface area contributed by atoms with Crippen molar-refractivity contribution in [2.75, 3.05) is 20.2 Å². The average Bonchev–Trinajstić information content (AvgIpc) is 3.63. The fourth-order valence-electron chi connectivity index (χ4n) is 4.70. The number of ether oxygens (including phenoxy) is 2. The number of likely N-dealkylation sites (tertiary alicyclic amines) is 1. The van der Waals surface area contributed by atoms with Crippen LogP contribution in [0.4, 0.5) is 0 Å². The van der Waals surface area contributed by atoms with Gasteiger partial charge < -0.3 is 14.8 Å². The van der Waals surface area contributed by atoms with Crippen molar-refractivity contribution in [2.45, 2.75) is 89.9 Å². The van der Waals surface area contributed by atoms with Gasteiger partial charge in [-0.2, -0.15) is 9.97 Å². The highest BCUT2D eigenvalue weighted by Gasteiger charge is 2.35. The highest BCUT2D eigenvalue weighted by atomic mass is 16.5. The summed E-state index contributed by atoms with van der Waals surface area (Å²) in [6, 6.07) is 11.2. The largest absolute Gasteiger partial charge is 0.481 e. The summed E-state index contributed by atoms with van der Waals surface area (Å²) in [4.78, 5) is 12.2. The van der Waals surface area contributed by atoms with E-state index in [1.807, 2.05) is 13.8 Å². The molecule has 0 amide bonds. The molecule has 180 valence electrons. The van der Waals surface area contributed by atoms with Crippen molar-refractivity contribution in [3.63, 3.8) is 0 Å². The molecular weight excluding hydrogens is 412 g/mol. The van der Waals surface area contributed by atoms with E-state index >= 15 is 0 Å². The van der Waals surface area contributed by atoms with Crippen LogP contribution in [0.5, 0.6) is 11.8 Å². The Morgan fingerprint density at radius 1 is 1.06 bits per heavy atom. The second-order valence-corrected chi connectivity index (χ2v) is 10.7. The average molecular weight is 453 g/mol. The predicted octanol–water partition coefficient (Wildman–Crippen LogP) is 4.90. The van der Waals surface area contributed by atoms with Crippen LogP contribution in [-0.2, 0) is 6.54 Å². The molecule has 2 aliphatic rings. The number of methoxy groups -OCH3 is 1. The topological polar surface area (TPSA) is 59.5 Å². The van der Waals surface area contributed by atoms with Crippen molar-refractivity contribution in [3.8, 4) is 11.8 Å². The van der Waals surface area contributed by atoms with Gasteiger partial charge in [-0.1, -0.05) is 30.3 Å². The number of rotatable bonds is 8. The van der Waals surface area contributed by atoms with Gasteiger partial charge in [0.15, 0.2) is 0 Å².